The number of para-hydroxylation sites is 2. The molecule has 0 bridgehead atoms. The second-order valence-corrected chi connectivity index (χ2v) is 6.47. The zero-order chi connectivity index (χ0) is 19.6. The average molecular weight is 370 g/mol. The van der Waals surface area contributed by atoms with Crippen LogP contribution in [0.5, 0.6) is 11.5 Å². The van der Waals surface area contributed by atoms with E-state index < -0.39 is 0 Å². The molecule has 0 aliphatic rings. The van der Waals surface area contributed by atoms with Gasteiger partial charge in [-0.2, -0.15) is 0 Å². The second-order valence-electron chi connectivity index (χ2n) is 6.47. The lowest BCUT2D eigenvalue weighted by molar-refractivity contribution is 0.299. The number of hydrogen-bond donors (Lipinski definition) is 0. The van der Waals surface area contributed by atoms with Crippen molar-refractivity contribution >= 4 is 12.2 Å². The van der Waals surface area contributed by atoms with Gasteiger partial charge in [-0.25, -0.2) is 0 Å². The molecule has 0 aromatic heterocycles. The molecular formula is C26H26O2. The summed E-state index contributed by atoms with van der Waals surface area (Å²) < 4.78 is 12.1. The minimum atomic E-state index is 0.525. The maximum absolute atomic E-state index is 6.04. The molecule has 28 heavy (non-hydrogen) atoms. The minimum Gasteiger partial charge on any atom is -0.488 e. The highest BCUT2D eigenvalue weighted by atomic mass is 16.5. The van der Waals surface area contributed by atoms with Crippen LogP contribution in [0.15, 0.2) is 84.9 Å². The predicted octanol–water partition coefficient (Wildman–Crippen LogP) is 6.91. The topological polar surface area (TPSA) is 18.5 Å². The van der Waals surface area contributed by atoms with Crippen LogP contribution in [0.3, 0.4) is 0 Å². The summed E-state index contributed by atoms with van der Waals surface area (Å²) in [6.45, 7) is 5.07. The third kappa shape index (κ3) is 5.37. The van der Waals surface area contributed by atoms with Crippen LogP contribution < -0.4 is 9.47 Å². The Labute approximate surface area is 167 Å². The Morgan fingerprint density at radius 2 is 1.07 bits per heavy atom. The molecule has 2 nitrogen and oxygen atoms in total. The van der Waals surface area contributed by atoms with Crippen molar-refractivity contribution in [3.63, 3.8) is 0 Å². The van der Waals surface area contributed by atoms with E-state index in [1.807, 2.05) is 68.5 Å². The van der Waals surface area contributed by atoms with Crippen LogP contribution in [-0.2, 0) is 13.2 Å². The Bertz CT molecular complexity index is 879. The van der Waals surface area contributed by atoms with Gasteiger partial charge < -0.3 is 9.47 Å². The van der Waals surface area contributed by atoms with Gasteiger partial charge in [-0.1, -0.05) is 78.9 Å². The van der Waals surface area contributed by atoms with Crippen molar-refractivity contribution in [1.29, 1.82) is 0 Å². The highest BCUT2D eigenvalue weighted by Gasteiger charge is 2.04. The molecule has 0 unspecified atom stereocenters. The van der Waals surface area contributed by atoms with Crippen molar-refractivity contribution in [2.45, 2.75) is 27.1 Å². The van der Waals surface area contributed by atoms with Gasteiger partial charge in [0.1, 0.15) is 24.7 Å². The molecule has 3 aromatic carbocycles. The Hall–Kier alpha value is -3.26. The fraction of sp³-hybridized carbons (Fsp3) is 0.154. The van der Waals surface area contributed by atoms with Crippen LogP contribution in [0, 0.1) is 0 Å². The molecule has 0 aliphatic carbocycles. The summed E-state index contributed by atoms with van der Waals surface area (Å²) in [7, 11) is 0. The van der Waals surface area contributed by atoms with E-state index in [0.29, 0.717) is 13.2 Å². The van der Waals surface area contributed by atoms with E-state index >= 15 is 0 Å². The molecule has 3 rings (SSSR count). The molecule has 0 saturated heterocycles. The van der Waals surface area contributed by atoms with Gasteiger partial charge in [0.05, 0.1) is 0 Å². The smallest absolute Gasteiger partial charge is 0.127 e. The Balaban J connectivity index is 1.65. The molecule has 0 radical (unpaired) electrons. The molecule has 0 saturated carbocycles. The first-order valence-electron chi connectivity index (χ1n) is 9.57. The van der Waals surface area contributed by atoms with E-state index in [2.05, 4.69) is 42.5 Å². The third-order valence-electron chi connectivity index (χ3n) is 4.31. The van der Waals surface area contributed by atoms with Crippen LogP contribution in [0.2, 0.25) is 0 Å². The van der Waals surface area contributed by atoms with E-state index in [0.717, 1.165) is 33.8 Å². The summed E-state index contributed by atoms with van der Waals surface area (Å²) in [5.41, 5.74) is 4.42. The highest BCUT2D eigenvalue weighted by molar-refractivity contribution is 5.57. The molecule has 0 N–H and O–H groups in total. The Kier molecular flexibility index (Phi) is 7.08. The van der Waals surface area contributed by atoms with Gasteiger partial charge >= 0.3 is 0 Å². The normalized spacial score (nSPS) is 11.2. The first-order chi connectivity index (χ1) is 13.8. The summed E-state index contributed by atoms with van der Waals surface area (Å²) in [6.07, 6.45) is 8.15. The first-order valence-corrected chi connectivity index (χ1v) is 9.57. The van der Waals surface area contributed by atoms with Crippen molar-refractivity contribution in [2.24, 2.45) is 0 Å². The Morgan fingerprint density at radius 3 is 1.54 bits per heavy atom. The van der Waals surface area contributed by atoms with Crippen molar-refractivity contribution in [3.8, 4) is 11.5 Å². The van der Waals surface area contributed by atoms with Gasteiger partial charge in [0.2, 0.25) is 0 Å². The molecule has 3 aromatic rings. The zero-order valence-corrected chi connectivity index (χ0v) is 16.5. The highest BCUT2D eigenvalue weighted by Crippen LogP contribution is 2.22. The quantitative estimate of drug-likeness (QED) is 0.429. The number of ether oxygens (including phenoxy) is 2. The van der Waals surface area contributed by atoms with Gasteiger partial charge in [0, 0.05) is 11.1 Å². The van der Waals surface area contributed by atoms with E-state index in [-0.39, 0.29) is 0 Å². The molecule has 0 atom stereocenters. The van der Waals surface area contributed by atoms with Crippen molar-refractivity contribution in [1.82, 2.24) is 0 Å². The lowest BCUT2D eigenvalue weighted by Crippen LogP contribution is -2.00. The minimum absolute atomic E-state index is 0.525. The van der Waals surface area contributed by atoms with Gasteiger partial charge in [-0.3, -0.25) is 0 Å². The fourth-order valence-electron chi connectivity index (χ4n) is 2.99. The van der Waals surface area contributed by atoms with Gasteiger partial charge in [0.25, 0.3) is 0 Å². The summed E-state index contributed by atoms with van der Waals surface area (Å²) in [4.78, 5) is 0. The number of hydrogen-bond acceptors (Lipinski definition) is 2. The molecule has 0 heterocycles. The van der Waals surface area contributed by atoms with E-state index in [9.17, 15) is 0 Å². The fourth-order valence-corrected chi connectivity index (χ4v) is 2.99. The molecule has 0 aliphatic heterocycles. The van der Waals surface area contributed by atoms with Crippen molar-refractivity contribution in [3.05, 3.63) is 107 Å². The molecule has 142 valence electrons. The number of benzene rings is 3. The van der Waals surface area contributed by atoms with Crippen LogP contribution in [0.1, 0.15) is 36.1 Å². The van der Waals surface area contributed by atoms with Gasteiger partial charge in [0.15, 0.2) is 0 Å². The standard InChI is InChI=1S/C26H26O2/c1-3-10-23-14-5-7-16-25(23)27-19-21-12-9-13-22(18-21)20-28-26-17-8-6-15-24(26)11-4-2/h3-18H,19-20H2,1-2H3/b10-3-,11-4-. The molecule has 0 amide bonds. The Morgan fingerprint density at radius 1 is 0.607 bits per heavy atom. The molecule has 0 fully saturated rings. The monoisotopic (exact) mass is 370 g/mol. The number of rotatable bonds is 8. The number of allylic oxidation sites excluding steroid dienone is 2. The summed E-state index contributed by atoms with van der Waals surface area (Å²) in [5, 5.41) is 0. The maximum atomic E-state index is 6.04. The molecule has 0 spiro atoms. The van der Waals surface area contributed by atoms with Gasteiger partial charge in [-0.15, -0.1) is 0 Å². The van der Waals surface area contributed by atoms with Crippen LogP contribution in [0.4, 0.5) is 0 Å². The van der Waals surface area contributed by atoms with E-state index in [1.54, 1.807) is 0 Å². The lowest BCUT2D eigenvalue weighted by atomic mass is 10.1. The largest absolute Gasteiger partial charge is 0.488 e. The van der Waals surface area contributed by atoms with Crippen LogP contribution in [0.25, 0.3) is 12.2 Å². The lowest BCUT2D eigenvalue weighted by Gasteiger charge is -2.12. The zero-order valence-electron chi connectivity index (χ0n) is 16.5. The van der Waals surface area contributed by atoms with Crippen molar-refractivity contribution in [2.75, 3.05) is 0 Å². The van der Waals surface area contributed by atoms with Gasteiger partial charge in [-0.05, 0) is 43.2 Å². The maximum Gasteiger partial charge on any atom is 0.127 e. The summed E-state index contributed by atoms with van der Waals surface area (Å²) in [5.74, 6) is 1.78. The summed E-state index contributed by atoms with van der Waals surface area (Å²) >= 11 is 0. The van der Waals surface area contributed by atoms with Crippen LogP contribution in [-0.4, -0.2) is 0 Å². The molecular weight excluding hydrogens is 344 g/mol. The predicted molar refractivity (Wildman–Crippen MR) is 117 cm³/mol. The van der Waals surface area contributed by atoms with E-state index in [1.165, 1.54) is 0 Å². The summed E-state index contributed by atoms with van der Waals surface area (Å²) in [6, 6.07) is 24.5. The average Bonchev–Trinajstić information content (AvgIpc) is 2.73. The van der Waals surface area contributed by atoms with Crippen LogP contribution >= 0.6 is 0 Å². The van der Waals surface area contributed by atoms with E-state index in [4.69, 9.17) is 9.47 Å². The first kappa shape index (κ1) is 19.5. The molecule has 2 heteroatoms. The second kappa shape index (κ2) is 10.2. The third-order valence-corrected chi connectivity index (χ3v) is 4.31. The van der Waals surface area contributed by atoms with Crippen molar-refractivity contribution < 1.29 is 9.47 Å². The SMILES string of the molecule is C/C=C\c1ccccc1OCc1cccc(COc2ccccc2/C=C\C)c1.